The molecule has 5 aromatic rings. The molecule has 0 saturated heterocycles. The molecule has 0 atom stereocenters. The van der Waals surface area contributed by atoms with E-state index in [-0.39, 0.29) is 0 Å². The van der Waals surface area contributed by atoms with E-state index in [0.29, 0.717) is 0 Å². The fourth-order valence-electron chi connectivity index (χ4n) is 5.41. The summed E-state index contributed by atoms with van der Waals surface area (Å²) in [7, 11) is 2.04. The third-order valence-electron chi connectivity index (χ3n) is 7.23. The van der Waals surface area contributed by atoms with E-state index in [9.17, 15) is 0 Å². The standard InChI is InChI=1S/C33H26N4O/c1-23-35(3)30-15-6-7-16-31(30)36(23)24-11-10-12-25(21-24)38-26-18-19-28-27-13-4-5-14-29(27)37(32(28)22-26)33-17-8-9-20-34(33)2/h4-22H,1-2H2,3H3. The van der Waals surface area contributed by atoms with Gasteiger partial charge in [-0.25, -0.2) is 0 Å². The van der Waals surface area contributed by atoms with Crippen molar-refractivity contribution in [3.05, 3.63) is 134 Å². The second kappa shape index (κ2) is 8.46. The number of fused-ring (bicyclic) bond motifs is 4. The molecular weight excluding hydrogens is 468 g/mol. The molecule has 5 nitrogen and oxygen atoms in total. The van der Waals surface area contributed by atoms with Gasteiger partial charge in [-0.1, -0.05) is 49.0 Å². The fraction of sp³-hybridized carbons (Fsp3) is 0.0303. The Morgan fingerprint density at radius 3 is 2.53 bits per heavy atom. The van der Waals surface area contributed by atoms with Crippen molar-refractivity contribution in [1.29, 1.82) is 0 Å². The zero-order chi connectivity index (χ0) is 25.8. The summed E-state index contributed by atoms with van der Waals surface area (Å²) in [5, 5.41) is 2.36. The van der Waals surface area contributed by atoms with E-state index in [1.165, 1.54) is 10.8 Å². The molecule has 0 saturated carbocycles. The highest BCUT2D eigenvalue weighted by Gasteiger charge is 2.28. The molecular formula is C33H26N4O. The minimum Gasteiger partial charge on any atom is -0.458 e. The van der Waals surface area contributed by atoms with Gasteiger partial charge in [0.15, 0.2) is 0 Å². The average Bonchev–Trinajstić information content (AvgIpc) is 3.40. The van der Waals surface area contributed by atoms with Crippen molar-refractivity contribution >= 4 is 45.6 Å². The number of para-hydroxylation sites is 3. The van der Waals surface area contributed by atoms with Crippen molar-refractivity contribution in [3.63, 3.8) is 0 Å². The minimum absolute atomic E-state index is 0.760. The number of rotatable bonds is 4. The zero-order valence-electron chi connectivity index (χ0n) is 21.1. The van der Waals surface area contributed by atoms with E-state index in [1.807, 2.05) is 54.2 Å². The highest BCUT2D eigenvalue weighted by molar-refractivity contribution is 6.04. The second-order valence-corrected chi connectivity index (χ2v) is 9.46. The Labute approximate surface area is 221 Å². The summed E-state index contributed by atoms with van der Waals surface area (Å²) in [6, 6.07) is 31.2. The number of hydrogen-bond donors (Lipinski definition) is 0. The van der Waals surface area contributed by atoms with E-state index < -0.39 is 0 Å². The fourth-order valence-corrected chi connectivity index (χ4v) is 5.41. The van der Waals surface area contributed by atoms with Gasteiger partial charge in [0.1, 0.15) is 28.4 Å². The monoisotopic (exact) mass is 494 g/mol. The third-order valence-corrected chi connectivity index (χ3v) is 7.23. The maximum atomic E-state index is 6.45. The number of hydrogen-bond acceptors (Lipinski definition) is 3. The Bertz CT molecular complexity index is 1830. The lowest BCUT2D eigenvalue weighted by Gasteiger charge is -2.22. The highest BCUT2D eigenvalue weighted by atomic mass is 16.5. The molecule has 0 bridgehead atoms. The summed E-state index contributed by atoms with van der Waals surface area (Å²) < 4.78 is 10.6. The molecule has 1 aromatic heterocycles. The van der Waals surface area contributed by atoms with Gasteiger partial charge in [0.05, 0.1) is 23.3 Å². The van der Waals surface area contributed by atoms with Crippen LogP contribution in [-0.2, 0) is 0 Å². The molecule has 2 aliphatic heterocycles. The Balaban J connectivity index is 1.29. The second-order valence-electron chi connectivity index (χ2n) is 9.46. The van der Waals surface area contributed by atoms with Gasteiger partial charge in [0, 0.05) is 19.8 Å². The topological polar surface area (TPSA) is 22.6 Å². The molecule has 7 rings (SSSR count). The first kappa shape index (κ1) is 22.1. The van der Waals surface area contributed by atoms with Crippen molar-refractivity contribution in [3.8, 4) is 11.5 Å². The van der Waals surface area contributed by atoms with Gasteiger partial charge in [0.25, 0.3) is 0 Å². The highest BCUT2D eigenvalue weighted by Crippen LogP contribution is 2.45. The Morgan fingerprint density at radius 1 is 0.842 bits per heavy atom. The van der Waals surface area contributed by atoms with Crippen molar-refractivity contribution in [2.45, 2.75) is 0 Å². The number of ether oxygens (including phenoxy) is 1. The number of benzene rings is 4. The summed E-state index contributed by atoms with van der Waals surface area (Å²) in [5.41, 5.74) is 5.42. The van der Waals surface area contributed by atoms with Gasteiger partial charge in [-0.05, 0) is 59.3 Å². The molecule has 0 fully saturated rings. The first-order valence-electron chi connectivity index (χ1n) is 12.5. The number of allylic oxidation sites excluding steroid dienone is 2. The summed E-state index contributed by atoms with van der Waals surface area (Å²) in [6.07, 6.45) is 9.03. The van der Waals surface area contributed by atoms with Gasteiger partial charge in [-0.2, -0.15) is 6.08 Å². The maximum Gasteiger partial charge on any atom is 0.316 e. The molecule has 0 amide bonds. The minimum atomic E-state index is 0.760. The molecule has 0 unspecified atom stereocenters. The molecule has 0 N–H and O–H groups in total. The van der Waals surface area contributed by atoms with Crippen LogP contribution in [0.3, 0.4) is 0 Å². The summed E-state index contributed by atoms with van der Waals surface area (Å²) in [4.78, 5) is 4.26. The maximum absolute atomic E-state index is 6.45. The van der Waals surface area contributed by atoms with Gasteiger partial charge in [-0.3, -0.25) is 14.0 Å². The Morgan fingerprint density at radius 2 is 1.66 bits per heavy atom. The van der Waals surface area contributed by atoms with Crippen LogP contribution in [0.5, 0.6) is 11.5 Å². The lowest BCUT2D eigenvalue weighted by Crippen LogP contribution is -2.44. The lowest BCUT2D eigenvalue weighted by molar-refractivity contribution is -0.730. The van der Waals surface area contributed by atoms with E-state index in [4.69, 9.17) is 4.74 Å². The van der Waals surface area contributed by atoms with Crippen LogP contribution in [0.4, 0.5) is 17.1 Å². The molecule has 5 heteroatoms. The van der Waals surface area contributed by atoms with E-state index in [2.05, 4.69) is 100 Å². The SMILES string of the molecule is C=C1N(C)c2ccccc2N1c1cccc(Oc2ccc3c4ccccc4[n+]([C-]4C=CC=C[N+]4=C)[c-]3c2)c1. The first-order chi connectivity index (χ1) is 18.6. The Hall–Kier alpha value is -5.16. The molecule has 2 aliphatic rings. The van der Waals surface area contributed by atoms with Crippen LogP contribution in [-0.4, -0.2) is 18.3 Å². The van der Waals surface area contributed by atoms with Gasteiger partial charge in [-0.15, -0.1) is 6.08 Å². The van der Waals surface area contributed by atoms with Crippen LogP contribution < -0.4 is 19.1 Å². The average molecular weight is 495 g/mol. The van der Waals surface area contributed by atoms with Gasteiger partial charge < -0.3 is 9.64 Å². The quantitative estimate of drug-likeness (QED) is 0.199. The number of aromatic nitrogens is 1. The Kier molecular flexibility index (Phi) is 4.91. The van der Waals surface area contributed by atoms with Crippen LogP contribution in [0, 0.1) is 6.17 Å². The largest absolute Gasteiger partial charge is 0.458 e. The number of anilines is 3. The van der Waals surface area contributed by atoms with E-state index in [0.717, 1.165) is 51.6 Å². The van der Waals surface area contributed by atoms with Crippen molar-refractivity contribution in [1.82, 2.24) is 0 Å². The van der Waals surface area contributed by atoms with Crippen molar-refractivity contribution < 1.29 is 13.9 Å². The summed E-state index contributed by atoms with van der Waals surface area (Å²) in [6.45, 7) is 8.53. The van der Waals surface area contributed by atoms with Gasteiger partial charge in [0.2, 0.25) is 0 Å². The first-order valence-corrected chi connectivity index (χ1v) is 12.5. The molecule has 3 heterocycles. The molecule has 0 spiro atoms. The lowest BCUT2D eigenvalue weighted by atomic mass is 10.1. The molecule has 38 heavy (non-hydrogen) atoms. The number of nitrogens with zero attached hydrogens (tertiary/aromatic N) is 4. The van der Waals surface area contributed by atoms with Crippen LogP contribution in [0.15, 0.2) is 128 Å². The van der Waals surface area contributed by atoms with Crippen molar-refractivity contribution in [2.75, 3.05) is 16.8 Å². The van der Waals surface area contributed by atoms with Crippen LogP contribution in [0.2, 0.25) is 0 Å². The molecule has 184 valence electrons. The third kappa shape index (κ3) is 3.33. The van der Waals surface area contributed by atoms with E-state index >= 15 is 0 Å². The zero-order valence-corrected chi connectivity index (χ0v) is 21.1. The normalized spacial score (nSPS) is 14.7. The predicted octanol–water partition coefficient (Wildman–Crippen LogP) is 6.98. The van der Waals surface area contributed by atoms with Crippen molar-refractivity contribution in [2.24, 2.45) is 0 Å². The smallest absolute Gasteiger partial charge is 0.316 e. The van der Waals surface area contributed by atoms with Crippen LogP contribution in [0.25, 0.3) is 21.8 Å². The molecule has 0 radical (unpaired) electrons. The van der Waals surface area contributed by atoms with Gasteiger partial charge >= 0.3 is 6.17 Å². The predicted molar refractivity (Wildman–Crippen MR) is 154 cm³/mol. The van der Waals surface area contributed by atoms with Crippen LogP contribution >= 0.6 is 0 Å². The molecule has 4 aromatic carbocycles. The summed E-state index contributed by atoms with van der Waals surface area (Å²) in [5.74, 6) is 2.43. The van der Waals surface area contributed by atoms with Crippen LogP contribution in [0.1, 0.15) is 0 Å². The summed E-state index contributed by atoms with van der Waals surface area (Å²) >= 11 is 0. The molecule has 0 aliphatic carbocycles. The van der Waals surface area contributed by atoms with E-state index in [1.54, 1.807) is 0 Å².